The summed E-state index contributed by atoms with van der Waals surface area (Å²) < 4.78 is 10.9. The number of rotatable bonds is 1. The molecule has 0 N–H and O–H groups in total. The maximum Gasteiger partial charge on any atom is 0.340 e. The molecule has 0 radical (unpaired) electrons. The molecule has 2 saturated heterocycles. The lowest BCUT2D eigenvalue weighted by atomic mass is 10.00. The number of hydroxylamine groups is 1. The summed E-state index contributed by atoms with van der Waals surface area (Å²) in [5, 5.41) is 0. The third kappa shape index (κ3) is 1.63. The van der Waals surface area contributed by atoms with Gasteiger partial charge in [0.2, 0.25) is 0 Å². The summed E-state index contributed by atoms with van der Waals surface area (Å²) >= 11 is 0. The van der Waals surface area contributed by atoms with Crippen LogP contribution in [0.2, 0.25) is 0 Å². The highest BCUT2D eigenvalue weighted by atomic mass is 31.2. The summed E-state index contributed by atoms with van der Waals surface area (Å²) in [4.78, 5) is 19.5. The maximum atomic E-state index is 12.5. The van der Waals surface area contributed by atoms with E-state index < -0.39 is 8.09 Å². The van der Waals surface area contributed by atoms with Gasteiger partial charge in [-0.1, -0.05) is 12.2 Å². The van der Waals surface area contributed by atoms with Crippen LogP contribution in [-0.2, 0) is 13.9 Å². The minimum absolute atomic E-state index is 0.0216. The standard InChI is InChI=1S/C10H16NO4P/c1-7-8(2)15-16(12,14-7)11-9-3-5-10(13-11)6-4-9/h3,5,7-10H,4,6H2,1-2H3/t7-,8-,9+,10-/m1/s1. The molecule has 0 spiro atoms. The highest BCUT2D eigenvalue weighted by Crippen LogP contribution is 2.65. The number of hydrogen-bond donors (Lipinski definition) is 0. The first-order valence-corrected chi connectivity index (χ1v) is 7.20. The van der Waals surface area contributed by atoms with Crippen LogP contribution in [0.25, 0.3) is 0 Å². The highest BCUT2D eigenvalue weighted by Gasteiger charge is 2.56. The first kappa shape index (κ1) is 11.1. The van der Waals surface area contributed by atoms with E-state index in [1.165, 1.54) is 4.83 Å². The van der Waals surface area contributed by atoms with Crippen molar-refractivity contribution in [3.05, 3.63) is 12.2 Å². The summed E-state index contributed by atoms with van der Waals surface area (Å²) in [6.45, 7) is 3.73. The molecule has 5 nitrogen and oxygen atoms in total. The van der Waals surface area contributed by atoms with Gasteiger partial charge >= 0.3 is 8.09 Å². The van der Waals surface area contributed by atoms with Crippen molar-refractivity contribution in [2.75, 3.05) is 0 Å². The summed E-state index contributed by atoms with van der Waals surface area (Å²) in [5.41, 5.74) is 0. The average molecular weight is 245 g/mol. The van der Waals surface area contributed by atoms with E-state index in [-0.39, 0.29) is 24.4 Å². The topological polar surface area (TPSA) is 54.0 Å². The Morgan fingerprint density at radius 3 is 2.31 bits per heavy atom. The average Bonchev–Trinajstić information content (AvgIpc) is 2.56. The Morgan fingerprint density at radius 2 is 1.88 bits per heavy atom. The van der Waals surface area contributed by atoms with E-state index in [9.17, 15) is 4.89 Å². The Balaban J connectivity index is 1.81. The zero-order valence-corrected chi connectivity index (χ0v) is 10.3. The van der Waals surface area contributed by atoms with Gasteiger partial charge in [0.25, 0.3) is 0 Å². The molecule has 90 valence electrons. The molecule has 6 heteroatoms. The van der Waals surface area contributed by atoms with Gasteiger partial charge in [0.05, 0.1) is 6.04 Å². The highest BCUT2D eigenvalue weighted by molar-refractivity contribution is 7.56. The largest absolute Gasteiger partial charge is 0.614 e. The SMILES string of the molecule is C[C@H]1O[P+]([O-])(N2O[C@@H]3C=C[C@H]2CC3)O[C@@H]1C. The number of hydrogen-bond acceptors (Lipinski definition) is 5. The molecule has 4 atom stereocenters. The van der Waals surface area contributed by atoms with Crippen LogP contribution in [0, 0.1) is 0 Å². The molecule has 0 aromatic rings. The summed E-state index contributed by atoms with van der Waals surface area (Å²) in [5.74, 6) is 0. The molecule has 2 bridgehead atoms. The van der Waals surface area contributed by atoms with Gasteiger partial charge in [0, 0.05) is 4.83 Å². The van der Waals surface area contributed by atoms with Crippen LogP contribution in [0.5, 0.6) is 0 Å². The van der Waals surface area contributed by atoms with E-state index in [4.69, 9.17) is 13.9 Å². The molecular weight excluding hydrogens is 229 g/mol. The summed E-state index contributed by atoms with van der Waals surface area (Å²) in [6.07, 6.45) is 5.67. The van der Waals surface area contributed by atoms with Gasteiger partial charge in [0.1, 0.15) is 18.3 Å². The third-order valence-electron chi connectivity index (χ3n) is 3.32. The molecular formula is C10H16NO4P. The van der Waals surface area contributed by atoms with Crippen molar-refractivity contribution >= 4 is 8.09 Å². The molecule has 4 rings (SSSR count). The molecule has 0 unspecified atom stereocenters. The Bertz CT molecular complexity index is 314. The van der Waals surface area contributed by atoms with Crippen molar-refractivity contribution in [2.24, 2.45) is 0 Å². The lowest BCUT2D eigenvalue weighted by Gasteiger charge is -2.42. The van der Waals surface area contributed by atoms with Crippen LogP contribution in [-0.4, -0.2) is 29.2 Å². The Kier molecular flexibility index (Phi) is 2.59. The van der Waals surface area contributed by atoms with Gasteiger partial charge in [-0.05, 0) is 26.7 Å². The predicted molar refractivity (Wildman–Crippen MR) is 56.9 cm³/mol. The molecule has 0 amide bonds. The van der Waals surface area contributed by atoms with Crippen molar-refractivity contribution in [1.82, 2.24) is 4.83 Å². The molecule has 0 aromatic carbocycles. The fourth-order valence-electron chi connectivity index (χ4n) is 2.22. The predicted octanol–water partition coefficient (Wildman–Crippen LogP) is 1.18. The summed E-state index contributed by atoms with van der Waals surface area (Å²) in [7, 11) is -3.24. The number of fused-ring (bicyclic) bond motifs is 2. The van der Waals surface area contributed by atoms with Gasteiger partial charge in [-0.15, -0.1) is 0 Å². The number of nitrogens with zero attached hydrogens (tertiary/aromatic N) is 1. The zero-order valence-electron chi connectivity index (χ0n) is 9.41. The summed E-state index contributed by atoms with van der Waals surface area (Å²) in [6, 6.07) is 0.0216. The van der Waals surface area contributed by atoms with Crippen LogP contribution >= 0.6 is 8.09 Å². The van der Waals surface area contributed by atoms with Crippen LogP contribution in [0.15, 0.2) is 12.2 Å². The fourth-order valence-corrected chi connectivity index (χ4v) is 4.43. The monoisotopic (exact) mass is 245 g/mol. The first-order valence-electron chi connectivity index (χ1n) is 5.70. The fraction of sp³-hybridized carbons (Fsp3) is 0.800. The molecule has 0 aromatic heterocycles. The van der Waals surface area contributed by atoms with Gasteiger partial charge < -0.3 is 4.89 Å². The van der Waals surface area contributed by atoms with E-state index in [0.29, 0.717) is 0 Å². The van der Waals surface area contributed by atoms with Gasteiger partial charge in [-0.25, -0.2) is 0 Å². The van der Waals surface area contributed by atoms with Crippen molar-refractivity contribution in [3.8, 4) is 0 Å². The zero-order chi connectivity index (χ0) is 11.3. The Labute approximate surface area is 95.6 Å². The van der Waals surface area contributed by atoms with Crippen molar-refractivity contribution < 1.29 is 18.8 Å². The second kappa shape index (κ2) is 3.73. The van der Waals surface area contributed by atoms with Crippen LogP contribution < -0.4 is 4.89 Å². The molecule has 4 aliphatic rings. The van der Waals surface area contributed by atoms with E-state index in [1.807, 2.05) is 26.0 Å². The molecule has 3 aliphatic heterocycles. The molecule has 0 saturated carbocycles. The van der Waals surface area contributed by atoms with Gasteiger partial charge in [0.15, 0.2) is 0 Å². The molecule has 3 heterocycles. The first-order chi connectivity index (χ1) is 7.58. The smallest absolute Gasteiger partial charge is 0.340 e. The van der Waals surface area contributed by atoms with Crippen LogP contribution in [0.3, 0.4) is 0 Å². The maximum absolute atomic E-state index is 12.5. The van der Waals surface area contributed by atoms with E-state index >= 15 is 0 Å². The third-order valence-corrected chi connectivity index (χ3v) is 5.40. The van der Waals surface area contributed by atoms with Gasteiger partial charge in [-0.3, -0.25) is 4.84 Å². The quantitative estimate of drug-likeness (QED) is 0.513. The van der Waals surface area contributed by atoms with E-state index in [0.717, 1.165) is 12.8 Å². The van der Waals surface area contributed by atoms with E-state index in [1.54, 1.807) is 0 Å². The molecule has 1 aliphatic carbocycles. The lowest BCUT2D eigenvalue weighted by molar-refractivity contribution is -0.282. The van der Waals surface area contributed by atoms with Crippen molar-refractivity contribution in [2.45, 2.75) is 51.0 Å². The molecule has 16 heavy (non-hydrogen) atoms. The van der Waals surface area contributed by atoms with Gasteiger partial charge in [-0.2, -0.15) is 9.05 Å². The molecule has 2 fully saturated rings. The van der Waals surface area contributed by atoms with Crippen LogP contribution in [0.1, 0.15) is 26.7 Å². The Hall–Kier alpha value is -0.0300. The lowest BCUT2D eigenvalue weighted by Crippen LogP contribution is -2.47. The second-order valence-corrected chi connectivity index (χ2v) is 6.32. The van der Waals surface area contributed by atoms with E-state index in [2.05, 4.69) is 0 Å². The Morgan fingerprint density at radius 1 is 1.19 bits per heavy atom. The minimum Gasteiger partial charge on any atom is -0.614 e. The minimum atomic E-state index is -3.24. The normalized spacial score (nSPS) is 46.4. The van der Waals surface area contributed by atoms with Crippen LogP contribution in [0.4, 0.5) is 0 Å². The second-order valence-electron chi connectivity index (χ2n) is 4.57. The van der Waals surface area contributed by atoms with Crippen molar-refractivity contribution in [3.63, 3.8) is 0 Å². The van der Waals surface area contributed by atoms with Crippen molar-refractivity contribution in [1.29, 1.82) is 0 Å².